The van der Waals surface area contributed by atoms with Crippen LogP contribution in [0.1, 0.15) is 17.0 Å². The molecular weight excluding hydrogens is 458 g/mol. The monoisotopic (exact) mass is 482 g/mol. The Morgan fingerprint density at radius 1 is 1.00 bits per heavy atom. The van der Waals surface area contributed by atoms with E-state index >= 15 is 0 Å². The van der Waals surface area contributed by atoms with Gasteiger partial charge in [0, 0.05) is 25.6 Å². The number of benzene rings is 2. The van der Waals surface area contributed by atoms with Gasteiger partial charge in [-0.25, -0.2) is 13.6 Å². The standard InChI is InChI=1S/C26H24F2N2O5/c27-26(28)20(22(26)23(31)30-10-17-18(11-30)21(17)24(32)33)9-29-25(34)35-12-19-15-7-3-1-5-13(15)14-6-2-4-8-16(14)19/h1-8,17-22H,9-12H2,(H,29,34)(H,32,33)/t17-,18+,20?,21?,22?. The Balaban J connectivity index is 1.02. The SMILES string of the molecule is O=C(NCC1C(C(=O)N2C[C@@H]3C(C(=O)O)[C@@H]3C2)C1(F)F)OCC1c2ccccc2-c2ccccc21. The van der Waals surface area contributed by atoms with Crippen LogP contribution in [0, 0.1) is 29.6 Å². The molecular formula is C26H24F2N2O5. The number of likely N-dealkylation sites (tertiary alicyclic amines) is 1. The van der Waals surface area contributed by atoms with Crippen LogP contribution in [0.2, 0.25) is 0 Å². The number of ether oxygens (including phenoxy) is 1. The van der Waals surface area contributed by atoms with E-state index in [1.54, 1.807) is 0 Å². The van der Waals surface area contributed by atoms with Crippen molar-refractivity contribution in [2.45, 2.75) is 11.8 Å². The Labute approximate surface area is 200 Å². The van der Waals surface area contributed by atoms with Gasteiger partial charge in [-0.05, 0) is 34.1 Å². The molecule has 182 valence electrons. The van der Waals surface area contributed by atoms with Crippen molar-refractivity contribution in [3.05, 3.63) is 59.7 Å². The first kappa shape index (κ1) is 22.0. The summed E-state index contributed by atoms with van der Waals surface area (Å²) in [5, 5.41) is 11.5. The zero-order valence-electron chi connectivity index (χ0n) is 18.7. The first-order valence-corrected chi connectivity index (χ1v) is 11.8. The fourth-order valence-electron chi connectivity index (χ4n) is 6.09. The van der Waals surface area contributed by atoms with Gasteiger partial charge in [-0.2, -0.15) is 0 Å². The lowest BCUT2D eigenvalue weighted by Crippen LogP contribution is -2.35. The van der Waals surface area contributed by atoms with E-state index in [9.17, 15) is 23.2 Å². The average Bonchev–Trinajstić information content (AvgIpc) is 3.51. The Morgan fingerprint density at radius 3 is 2.14 bits per heavy atom. The van der Waals surface area contributed by atoms with E-state index in [0.717, 1.165) is 22.3 Å². The van der Waals surface area contributed by atoms with Crippen molar-refractivity contribution in [1.82, 2.24) is 10.2 Å². The van der Waals surface area contributed by atoms with Gasteiger partial charge in [-0.3, -0.25) is 9.59 Å². The lowest BCUT2D eigenvalue weighted by Gasteiger charge is -2.19. The van der Waals surface area contributed by atoms with Crippen molar-refractivity contribution in [3.8, 4) is 11.1 Å². The Bertz CT molecular complexity index is 1180. The number of halogens is 2. The van der Waals surface area contributed by atoms with Gasteiger partial charge in [0.25, 0.3) is 5.92 Å². The molecule has 1 saturated heterocycles. The van der Waals surface area contributed by atoms with E-state index in [-0.39, 0.29) is 44.0 Å². The molecule has 0 bridgehead atoms. The summed E-state index contributed by atoms with van der Waals surface area (Å²) < 4.78 is 34.1. The number of hydrogen-bond donors (Lipinski definition) is 2. The summed E-state index contributed by atoms with van der Waals surface area (Å²) in [6.45, 7) is 0.127. The summed E-state index contributed by atoms with van der Waals surface area (Å²) in [4.78, 5) is 37.4. The maximum Gasteiger partial charge on any atom is 0.407 e. The highest BCUT2D eigenvalue weighted by atomic mass is 19.3. The molecule has 9 heteroatoms. The van der Waals surface area contributed by atoms with Crippen LogP contribution in [0.15, 0.2) is 48.5 Å². The van der Waals surface area contributed by atoms with Crippen molar-refractivity contribution in [3.63, 3.8) is 0 Å². The fourth-order valence-corrected chi connectivity index (χ4v) is 6.09. The highest BCUT2D eigenvalue weighted by molar-refractivity contribution is 5.85. The molecule has 3 aliphatic carbocycles. The van der Waals surface area contributed by atoms with Crippen molar-refractivity contribution in [2.24, 2.45) is 29.6 Å². The zero-order valence-corrected chi connectivity index (χ0v) is 18.7. The van der Waals surface area contributed by atoms with Crippen molar-refractivity contribution >= 4 is 18.0 Å². The topological polar surface area (TPSA) is 95.9 Å². The number of alkyl carbamates (subject to hydrolysis) is 1. The molecule has 3 unspecified atom stereocenters. The average molecular weight is 482 g/mol. The number of carbonyl (C=O) groups is 3. The summed E-state index contributed by atoms with van der Waals surface area (Å²) in [6, 6.07) is 15.8. The van der Waals surface area contributed by atoms with E-state index in [2.05, 4.69) is 5.32 Å². The second-order valence-corrected chi connectivity index (χ2v) is 9.90. The molecule has 0 radical (unpaired) electrons. The first-order chi connectivity index (χ1) is 16.8. The molecule has 5 atom stereocenters. The minimum Gasteiger partial charge on any atom is -0.481 e. The molecule has 2 aromatic rings. The number of fused-ring (bicyclic) bond motifs is 4. The highest BCUT2D eigenvalue weighted by Crippen LogP contribution is 2.58. The summed E-state index contributed by atoms with van der Waals surface area (Å²) in [7, 11) is 0. The molecule has 0 spiro atoms. The van der Waals surface area contributed by atoms with Crippen molar-refractivity contribution in [1.29, 1.82) is 0 Å². The molecule has 3 fully saturated rings. The van der Waals surface area contributed by atoms with Gasteiger partial charge in [0.15, 0.2) is 0 Å². The second kappa shape index (κ2) is 7.76. The predicted octanol–water partition coefficient (Wildman–Crippen LogP) is 3.20. The molecule has 2 amide bonds. The van der Waals surface area contributed by atoms with Gasteiger partial charge in [-0.15, -0.1) is 0 Å². The van der Waals surface area contributed by atoms with Gasteiger partial charge in [0.05, 0.1) is 11.8 Å². The van der Waals surface area contributed by atoms with Gasteiger partial charge >= 0.3 is 12.1 Å². The van der Waals surface area contributed by atoms with Crippen LogP contribution in [0.3, 0.4) is 0 Å². The fraction of sp³-hybridized carbons (Fsp3) is 0.423. The molecule has 35 heavy (non-hydrogen) atoms. The molecule has 4 aliphatic rings. The number of carboxylic acids is 1. The van der Waals surface area contributed by atoms with E-state index in [4.69, 9.17) is 9.84 Å². The molecule has 2 saturated carbocycles. The van der Waals surface area contributed by atoms with Crippen LogP contribution in [0.4, 0.5) is 13.6 Å². The van der Waals surface area contributed by atoms with Crippen LogP contribution < -0.4 is 5.32 Å². The lowest BCUT2D eigenvalue weighted by atomic mass is 9.98. The number of amides is 2. The van der Waals surface area contributed by atoms with Crippen LogP contribution in [0.25, 0.3) is 11.1 Å². The highest BCUT2D eigenvalue weighted by Gasteiger charge is 2.73. The molecule has 2 N–H and O–H groups in total. The van der Waals surface area contributed by atoms with Gasteiger partial charge in [0.1, 0.15) is 12.5 Å². The van der Waals surface area contributed by atoms with Crippen LogP contribution in [-0.2, 0) is 14.3 Å². The van der Waals surface area contributed by atoms with Crippen molar-refractivity contribution < 1.29 is 33.0 Å². The van der Waals surface area contributed by atoms with Crippen molar-refractivity contribution in [2.75, 3.05) is 26.2 Å². The lowest BCUT2D eigenvalue weighted by molar-refractivity contribution is -0.141. The molecule has 0 aromatic heterocycles. The minimum absolute atomic E-state index is 0.0740. The van der Waals surface area contributed by atoms with E-state index < -0.39 is 41.6 Å². The third-order valence-electron chi connectivity index (χ3n) is 8.07. The maximum atomic E-state index is 14.4. The van der Waals surface area contributed by atoms with E-state index in [0.29, 0.717) is 0 Å². The second-order valence-electron chi connectivity index (χ2n) is 9.90. The largest absolute Gasteiger partial charge is 0.481 e. The number of nitrogens with one attached hydrogen (secondary N) is 1. The molecule has 7 nitrogen and oxygen atoms in total. The van der Waals surface area contributed by atoms with Crippen LogP contribution >= 0.6 is 0 Å². The number of alkyl halides is 2. The number of carbonyl (C=O) groups excluding carboxylic acids is 2. The normalized spacial score (nSPS) is 29.1. The third-order valence-corrected chi connectivity index (χ3v) is 8.07. The summed E-state index contributed by atoms with van der Waals surface area (Å²) >= 11 is 0. The number of hydrogen-bond acceptors (Lipinski definition) is 4. The zero-order chi connectivity index (χ0) is 24.5. The van der Waals surface area contributed by atoms with Crippen LogP contribution in [-0.4, -0.2) is 60.1 Å². The molecule has 1 heterocycles. The summed E-state index contributed by atoms with van der Waals surface area (Å²) in [5.41, 5.74) is 4.28. The number of aliphatic carboxylic acids is 1. The van der Waals surface area contributed by atoms with Crippen LogP contribution in [0.5, 0.6) is 0 Å². The number of carboxylic acid groups (broad SMARTS) is 1. The third kappa shape index (κ3) is 3.47. The quantitative estimate of drug-likeness (QED) is 0.660. The molecule has 2 aromatic carbocycles. The Hall–Kier alpha value is -3.49. The van der Waals surface area contributed by atoms with E-state index in [1.807, 2.05) is 48.5 Å². The number of nitrogens with zero attached hydrogens (tertiary/aromatic N) is 1. The summed E-state index contributed by atoms with van der Waals surface area (Å²) in [5.74, 6) is -8.42. The molecule has 1 aliphatic heterocycles. The smallest absolute Gasteiger partial charge is 0.407 e. The minimum atomic E-state index is -3.20. The number of piperidine rings is 1. The number of rotatable bonds is 6. The molecule has 6 rings (SSSR count). The predicted molar refractivity (Wildman–Crippen MR) is 120 cm³/mol. The van der Waals surface area contributed by atoms with Gasteiger partial charge < -0.3 is 20.1 Å². The summed E-state index contributed by atoms with van der Waals surface area (Å²) in [6.07, 6.45) is -0.799. The van der Waals surface area contributed by atoms with Gasteiger partial charge in [-0.1, -0.05) is 48.5 Å². The maximum absolute atomic E-state index is 14.4. The van der Waals surface area contributed by atoms with E-state index in [1.165, 1.54) is 4.90 Å². The Kier molecular flexibility index (Phi) is 4.88. The van der Waals surface area contributed by atoms with Gasteiger partial charge in [0.2, 0.25) is 5.91 Å². The first-order valence-electron chi connectivity index (χ1n) is 11.8. The Morgan fingerprint density at radius 2 is 1.57 bits per heavy atom.